The molecule has 0 spiro atoms. The normalized spacial score (nSPS) is 10.5. The first-order valence-corrected chi connectivity index (χ1v) is 10.2. The second kappa shape index (κ2) is 10.4. The maximum Gasteiger partial charge on any atom is 0.244 e. The van der Waals surface area contributed by atoms with Crippen molar-refractivity contribution in [1.29, 1.82) is 0 Å². The molecule has 0 heterocycles. The van der Waals surface area contributed by atoms with Gasteiger partial charge in [0.2, 0.25) is 11.8 Å². The van der Waals surface area contributed by atoms with Crippen LogP contribution in [-0.4, -0.2) is 43.2 Å². The highest BCUT2D eigenvalue weighted by Crippen LogP contribution is 2.27. The molecule has 0 saturated heterocycles. The number of carbonyl (C=O) groups excluding carboxylic acids is 2. The zero-order chi connectivity index (χ0) is 20.7. The Hall–Kier alpha value is -2.18. The van der Waals surface area contributed by atoms with Gasteiger partial charge in [-0.15, -0.1) is 11.8 Å². The topological polar surface area (TPSA) is 58.6 Å². The average Bonchev–Trinajstić information content (AvgIpc) is 2.64. The van der Waals surface area contributed by atoms with Crippen LogP contribution >= 0.6 is 23.4 Å². The molecule has 7 heteroatoms. The summed E-state index contributed by atoms with van der Waals surface area (Å²) < 4.78 is 5.21. The predicted octanol–water partition coefficient (Wildman–Crippen LogP) is 4.54. The minimum absolute atomic E-state index is 0.0389. The number of benzene rings is 2. The Morgan fingerprint density at radius 3 is 2.57 bits per heavy atom. The molecule has 0 aromatic heterocycles. The van der Waals surface area contributed by atoms with E-state index in [1.54, 1.807) is 37.0 Å². The molecule has 5 nitrogen and oxygen atoms in total. The minimum atomic E-state index is -0.307. The van der Waals surface area contributed by atoms with Gasteiger partial charge in [-0.2, -0.15) is 0 Å². The van der Waals surface area contributed by atoms with Gasteiger partial charge in [-0.3, -0.25) is 9.59 Å². The number of carbonyl (C=O) groups is 2. The number of nitrogens with zero attached hydrogens (tertiary/aromatic N) is 1. The van der Waals surface area contributed by atoms with Crippen molar-refractivity contribution >= 4 is 40.9 Å². The van der Waals surface area contributed by atoms with Crippen LogP contribution in [0.4, 0.5) is 5.69 Å². The number of nitrogens with one attached hydrogen (secondary N) is 1. The Bertz CT molecular complexity index is 858. The molecule has 0 aliphatic heterocycles. The van der Waals surface area contributed by atoms with Crippen LogP contribution in [0.3, 0.4) is 0 Å². The largest absolute Gasteiger partial charge is 0.495 e. The summed E-state index contributed by atoms with van der Waals surface area (Å²) in [7, 11) is 3.14. The first-order chi connectivity index (χ1) is 13.3. The molecular formula is C21H25ClN2O3S. The molecule has 0 saturated carbocycles. The van der Waals surface area contributed by atoms with Crippen molar-refractivity contribution in [3.8, 4) is 5.75 Å². The molecule has 2 aromatic carbocycles. The molecule has 2 aromatic rings. The van der Waals surface area contributed by atoms with Crippen molar-refractivity contribution in [2.24, 2.45) is 0 Å². The maximum atomic E-state index is 12.3. The number of thioether (sulfide) groups is 1. The van der Waals surface area contributed by atoms with E-state index in [9.17, 15) is 9.59 Å². The third-order valence-electron chi connectivity index (χ3n) is 4.31. The molecule has 0 aliphatic rings. The van der Waals surface area contributed by atoms with E-state index >= 15 is 0 Å². The number of likely N-dealkylation sites (N-methyl/N-ethyl adjacent to an activating group) is 1. The number of hydrogen-bond donors (Lipinski definition) is 1. The third kappa shape index (κ3) is 6.46. The van der Waals surface area contributed by atoms with Gasteiger partial charge in [0.15, 0.2) is 0 Å². The summed E-state index contributed by atoms with van der Waals surface area (Å²) in [6.07, 6.45) is 0.363. The van der Waals surface area contributed by atoms with Gasteiger partial charge in [0.05, 0.1) is 19.3 Å². The van der Waals surface area contributed by atoms with Crippen molar-refractivity contribution < 1.29 is 14.3 Å². The van der Waals surface area contributed by atoms with Crippen LogP contribution in [0.1, 0.15) is 17.5 Å². The zero-order valence-corrected chi connectivity index (χ0v) is 18.1. The standard InChI is InChI=1S/C21H25ClN2O3S/c1-14-5-7-17(11-15(14)2)28-10-9-21(26)24(3)13-20(25)23-18-12-16(22)6-8-19(18)27-4/h5-8,11-12H,9-10,13H2,1-4H3,(H,23,25). The monoisotopic (exact) mass is 420 g/mol. The molecule has 150 valence electrons. The molecule has 2 amide bonds. The lowest BCUT2D eigenvalue weighted by atomic mass is 10.1. The SMILES string of the molecule is COc1ccc(Cl)cc1NC(=O)CN(C)C(=O)CCSc1ccc(C)c(C)c1. The number of anilines is 1. The van der Waals surface area contributed by atoms with Crippen LogP contribution in [0, 0.1) is 13.8 Å². The molecule has 0 bridgehead atoms. The van der Waals surface area contributed by atoms with E-state index in [1.165, 1.54) is 23.1 Å². The van der Waals surface area contributed by atoms with E-state index in [0.29, 0.717) is 28.6 Å². The van der Waals surface area contributed by atoms with Crippen molar-refractivity contribution in [3.05, 3.63) is 52.5 Å². The van der Waals surface area contributed by atoms with Gasteiger partial charge in [-0.1, -0.05) is 17.7 Å². The lowest BCUT2D eigenvalue weighted by Gasteiger charge is -2.17. The highest BCUT2D eigenvalue weighted by molar-refractivity contribution is 7.99. The minimum Gasteiger partial charge on any atom is -0.495 e. The second-order valence-corrected chi connectivity index (χ2v) is 8.09. The van der Waals surface area contributed by atoms with E-state index in [-0.39, 0.29) is 18.4 Å². The van der Waals surface area contributed by atoms with Gasteiger partial charge in [-0.05, 0) is 55.3 Å². The zero-order valence-electron chi connectivity index (χ0n) is 16.5. The molecule has 0 aliphatic carbocycles. The van der Waals surface area contributed by atoms with Crippen LogP contribution in [0.15, 0.2) is 41.3 Å². The Labute approximate surface area is 175 Å². The lowest BCUT2D eigenvalue weighted by molar-refractivity contribution is -0.132. The summed E-state index contributed by atoms with van der Waals surface area (Å²) in [6.45, 7) is 4.11. The van der Waals surface area contributed by atoms with Crippen molar-refractivity contribution in [2.75, 3.05) is 31.8 Å². The van der Waals surface area contributed by atoms with Gasteiger partial charge in [0, 0.05) is 29.1 Å². The maximum absolute atomic E-state index is 12.3. The number of aryl methyl sites for hydroxylation is 2. The van der Waals surface area contributed by atoms with Crippen molar-refractivity contribution in [3.63, 3.8) is 0 Å². The molecule has 0 radical (unpaired) electrons. The third-order valence-corrected chi connectivity index (χ3v) is 5.54. The van der Waals surface area contributed by atoms with Crippen LogP contribution in [0.5, 0.6) is 5.75 Å². The Balaban J connectivity index is 1.82. The van der Waals surface area contributed by atoms with E-state index in [4.69, 9.17) is 16.3 Å². The van der Waals surface area contributed by atoms with Crippen molar-refractivity contribution in [1.82, 2.24) is 4.90 Å². The first kappa shape index (κ1) is 22.1. The number of methoxy groups -OCH3 is 1. The fourth-order valence-electron chi connectivity index (χ4n) is 2.52. The smallest absolute Gasteiger partial charge is 0.244 e. The van der Waals surface area contributed by atoms with Crippen LogP contribution in [-0.2, 0) is 9.59 Å². The van der Waals surface area contributed by atoms with E-state index in [2.05, 4.69) is 37.4 Å². The molecule has 0 fully saturated rings. The lowest BCUT2D eigenvalue weighted by Crippen LogP contribution is -2.35. The number of amides is 2. The molecule has 0 atom stereocenters. The number of rotatable bonds is 8. The van der Waals surface area contributed by atoms with Gasteiger partial charge in [-0.25, -0.2) is 0 Å². The molecular weight excluding hydrogens is 396 g/mol. The molecule has 0 unspecified atom stereocenters. The summed E-state index contributed by atoms with van der Waals surface area (Å²) in [4.78, 5) is 27.1. The van der Waals surface area contributed by atoms with Gasteiger partial charge in [0.25, 0.3) is 0 Å². The summed E-state index contributed by atoms with van der Waals surface area (Å²) >= 11 is 7.60. The summed E-state index contributed by atoms with van der Waals surface area (Å²) in [5.41, 5.74) is 2.97. The van der Waals surface area contributed by atoms with Gasteiger partial charge in [0.1, 0.15) is 5.75 Å². The predicted molar refractivity (Wildman–Crippen MR) is 116 cm³/mol. The molecule has 2 rings (SSSR count). The van der Waals surface area contributed by atoms with Crippen LogP contribution in [0.2, 0.25) is 5.02 Å². The Kier molecular flexibility index (Phi) is 8.20. The van der Waals surface area contributed by atoms with Crippen molar-refractivity contribution in [2.45, 2.75) is 25.2 Å². The Morgan fingerprint density at radius 1 is 1.14 bits per heavy atom. The quantitative estimate of drug-likeness (QED) is 0.636. The van der Waals surface area contributed by atoms with E-state index in [1.807, 2.05) is 0 Å². The van der Waals surface area contributed by atoms with Crippen LogP contribution < -0.4 is 10.1 Å². The number of halogens is 1. The highest BCUT2D eigenvalue weighted by atomic mass is 35.5. The Morgan fingerprint density at radius 2 is 1.89 bits per heavy atom. The number of hydrogen-bond acceptors (Lipinski definition) is 4. The summed E-state index contributed by atoms with van der Waals surface area (Å²) in [6, 6.07) is 11.2. The highest BCUT2D eigenvalue weighted by Gasteiger charge is 2.15. The van der Waals surface area contributed by atoms with Gasteiger partial charge < -0.3 is 15.0 Å². The molecule has 28 heavy (non-hydrogen) atoms. The summed E-state index contributed by atoms with van der Waals surface area (Å²) in [5, 5.41) is 3.22. The molecule has 1 N–H and O–H groups in total. The van der Waals surface area contributed by atoms with E-state index < -0.39 is 0 Å². The fraction of sp³-hybridized carbons (Fsp3) is 0.333. The van der Waals surface area contributed by atoms with E-state index in [0.717, 1.165) is 4.90 Å². The second-order valence-electron chi connectivity index (χ2n) is 6.49. The number of ether oxygens (including phenoxy) is 1. The first-order valence-electron chi connectivity index (χ1n) is 8.87. The average molecular weight is 421 g/mol. The van der Waals surface area contributed by atoms with Crippen LogP contribution in [0.25, 0.3) is 0 Å². The summed E-state index contributed by atoms with van der Waals surface area (Å²) in [5.74, 6) is 0.786. The van der Waals surface area contributed by atoms with Gasteiger partial charge >= 0.3 is 0 Å². The fourth-order valence-corrected chi connectivity index (χ4v) is 3.63.